The predicted molar refractivity (Wildman–Crippen MR) is 142 cm³/mol. The van der Waals surface area contributed by atoms with Gasteiger partial charge in [-0.05, 0) is 75.9 Å². The fraction of sp³-hybridized carbons (Fsp3) is 0.852. The summed E-state index contributed by atoms with van der Waals surface area (Å²) < 4.78 is 11.4. The molecule has 6 atom stereocenters. The van der Waals surface area contributed by atoms with Gasteiger partial charge in [-0.2, -0.15) is 0 Å². The van der Waals surface area contributed by atoms with Gasteiger partial charge in [-0.3, -0.25) is 9.59 Å². The van der Waals surface area contributed by atoms with Crippen LogP contribution >= 0.6 is 23.2 Å². The molecule has 3 aliphatic carbocycles. The summed E-state index contributed by atoms with van der Waals surface area (Å²) in [5.41, 5.74) is 2.04. The number of hydrogen-bond acceptors (Lipinski definition) is 4. The molecule has 7 heteroatoms. The van der Waals surface area contributed by atoms with Gasteiger partial charge in [-0.1, -0.05) is 62.0 Å². The Morgan fingerprint density at radius 3 is 2.15 bits per heavy atom. The number of carbonyl (C=O) groups excluding carboxylic acids is 2. The van der Waals surface area contributed by atoms with Crippen LogP contribution in [0.15, 0.2) is 11.1 Å². The Kier molecular flexibility index (Phi) is 7.37. The lowest BCUT2D eigenvalue weighted by Crippen LogP contribution is -2.53. The highest BCUT2D eigenvalue weighted by Crippen LogP contribution is 2.62. The maximum Gasteiger partial charge on any atom is 0.302 e. The minimum atomic E-state index is -2.19. The van der Waals surface area contributed by atoms with Crippen LogP contribution in [-0.4, -0.2) is 36.1 Å². The third kappa shape index (κ3) is 4.93. The maximum atomic E-state index is 14.0. The van der Waals surface area contributed by atoms with E-state index in [2.05, 4.69) is 61.6 Å². The quantitative estimate of drug-likeness (QED) is 0.163. The van der Waals surface area contributed by atoms with Gasteiger partial charge < -0.3 is 9.16 Å². The van der Waals surface area contributed by atoms with Crippen molar-refractivity contribution in [2.24, 2.45) is 23.2 Å². The summed E-state index contributed by atoms with van der Waals surface area (Å²) in [5, 5.41) is 0.00834. The molecule has 3 saturated carbocycles. The van der Waals surface area contributed by atoms with E-state index < -0.39 is 30.3 Å². The normalized spacial score (nSPS) is 38.1. The summed E-state index contributed by atoms with van der Waals surface area (Å²) in [6, 6.07) is 0. The van der Waals surface area contributed by atoms with Gasteiger partial charge in [0, 0.05) is 19.3 Å². The molecule has 3 aliphatic rings. The minimum Gasteiger partial charge on any atom is -0.462 e. The van der Waals surface area contributed by atoms with E-state index in [0.717, 1.165) is 19.3 Å². The van der Waals surface area contributed by atoms with Crippen molar-refractivity contribution >= 4 is 43.3 Å². The smallest absolute Gasteiger partial charge is 0.302 e. The molecule has 0 saturated heterocycles. The first kappa shape index (κ1) is 28.2. The molecular weight excluding hydrogens is 487 g/mol. The number of hydrogen-bond donors (Lipinski definition) is 0. The van der Waals surface area contributed by atoms with Crippen LogP contribution in [0.1, 0.15) is 87.5 Å². The Morgan fingerprint density at radius 2 is 1.65 bits per heavy atom. The Morgan fingerprint density at radius 1 is 1.06 bits per heavy atom. The van der Waals surface area contributed by atoms with Gasteiger partial charge in [0.25, 0.3) is 0 Å². The average Bonchev–Trinajstić information content (AvgIpc) is 3.06. The first-order valence-corrected chi connectivity index (χ1v) is 16.4. The van der Waals surface area contributed by atoms with E-state index in [4.69, 9.17) is 32.4 Å². The lowest BCUT2D eigenvalue weighted by Gasteiger charge is -2.49. The van der Waals surface area contributed by atoms with Gasteiger partial charge >= 0.3 is 5.97 Å². The monoisotopic (exact) mass is 530 g/mol. The highest BCUT2D eigenvalue weighted by molar-refractivity contribution is 6.74. The SMILES string of the molecule is CC(=O)O[C@H]1C[C@@](C)(O[Si](C)(C)C(C)(C)C)[C@H]2C[C@@]3(C)CCC(=C(C)C)[C@@H]3CC(Cl)(Cl)C(=O)[C@H]12. The molecule has 34 heavy (non-hydrogen) atoms. The van der Waals surface area contributed by atoms with E-state index >= 15 is 0 Å². The van der Waals surface area contributed by atoms with E-state index in [9.17, 15) is 9.59 Å². The van der Waals surface area contributed by atoms with Crippen LogP contribution in [0.5, 0.6) is 0 Å². The number of Topliss-reactive ketones (excluding diaryl/α,β-unsaturated/α-hetero) is 1. The van der Waals surface area contributed by atoms with Gasteiger partial charge in [0.1, 0.15) is 6.10 Å². The zero-order valence-electron chi connectivity index (χ0n) is 22.7. The van der Waals surface area contributed by atoms with Crippen molar-refractivity contribution in [3.8, 4) is 0 Å². The van der Waals surface area contributed by atoms with E-state index in [1.807, 2.05) is 0 Å². The third-order valence-corrected chi connectivity index (χ3v) is 14.8. The van der Waals surface area contributed by atoms with Crippen molar-refractivity contribution in [3.63, 3.8) is 0 Å². The van der Waals surface area contributed by atoms with Crippen LogP contribution in [0.25, 0.3) is 0 Å². The molecular formula is C27H44Cl2O4Si. The van der Waals surface area contributed by atoms with Crippen LogP contribution < -0.4 is 0 Å². The second kappa shape index (κ2) is 8.88. The fourth-order valence-electron chi connectivity index (χ4n) is 6.70. The molecule has 3 rings (SSSR count). The highest BCUT2D eigenvalue weighted by Gasteiger charge is 2.64. The molecule has 0 bridgehead atoms. The number of esters is 1. The summed E-state index contributed by atoms with van der Waals surface area (Å²) in [7, 11) is -2.19. The molecule has 0 spiro atoms. The van der Waals surface area contributed by atoms with Crippen molar-refractivity contribution in [3.05, 3.63) is 11.1 Å². The Bertz CT molecular complexity index is 886. The largest absolute Gasteiger partial charge is 0.462 e. The third-order valence-electron chi connectivity index (χ3n) is 9.52. The zero-order valence-corrected chi connectivity index (χ0v) is 25.2. The second-order valence-corrected chi connectivity index (χ2v) is 19.6. The minimum absolute atomic E-state index is 0.00834. The molecule has 0 aromatic rings. The number of allylic oxidation sites excluding steroid dienone is 2. The van der Waals surface area contributed by atoms with Crippen molar-refractivity contribution < 1.29 is 18.8 Å². The van der Waals surface area contributed by atoms with Crippen molar-refractivity contribution in [1.82, 2.24) is 0 Å². The Labute approximate surface area is 217 Å². The first-order valence-electron chi connectivity index (χ1n) is 12.7. The summed E-state index contributed by atoms with van der Waals surface area (Å²) in [6.07, 6.45) is 3.19. The zero-order chi connectivity index (χ0) is 26.1. The van der Waals surface area contributed by atoms with Gasteiger partial charge in [-0.15, -0.1) is 0 Å². The molecule has 0 aromatic carbocycles. The van der Waals surface area contributed by atoms with Crippen molar-refractivity contribution in [2.75, 3.05) is 0 Å². The number of alkyl halides is 2. The van der Waals surface area contributed by atoms with E-state index in [1.165, 1.54) is 18.1 Å². The van der Waals surface area contributed by atoms with Gasteiger partial charge in [0.15, 0.2) is 18.4 Å². The van der Waals surface area contributed by atoms with Crippen LogP contribution in [0, 0.1) is 23.2 Å². The predicted octanol–water partition coefficient (Wildman–Crippen LogP) is 7.62. The number of fused-ring (bicyclic) bond motifs is 2. The maximum absolute atomic E-state index is 14.0. The summed E-state index contributed by atoms with van der Waals surface area (Å²) >= 11 is 13.8. The lowest BCUT2D eigenvalue weighted by atomic mass is 9.63. The Balaban J connectivity index is 2.16. The number of carbonyl (C=O) groups is 2. The van der Waals surface area contributed by atoms with E-state index in [-0.39, 0.29) is 34.0 Å². The van der Waals surface area contributed by atoms with Gasteiger partial charge in [0.2, 0.25) is 0 Å². The summed E-state index contributed by atoms with van der Waals surface area (Å²) in [5.74, 6) is -1.14. The molecule has 0 radical (unpaired) electrons. The number of halogens is 2. The number of ketones is 1. The average molecular weight is 532 g/mol. The standard InChI is InChI=1S/C27H44Cl2O4Si/c1-16(2)18-11-12-25(7)13-20-22(23(31)27(28,29)14-19(18)25)21(32-17(3)30)15-26(20,8)33-34(9,10)24(4,5)6/h19-22H,11-15H2,1-10H3/t19-,20-,21-,22-,25+,26+/m0/s1. The molecule has 0 aliphatic heterocycles. The van der Waals surface area contributed by atoms with Crippen LogP contribution in [-0.2, 0) is 18.8 Å². The molecule has 0 N–H and O–H groups in total. The van der Waals surface area contributed by atoms with E-state index in [0.29, 0.717) is 12.8 Å². The van der Waals surface area contributed by atoms with Crippen molar-refractivity contribution in [1.29, 1.82) is 0 Å². The molecule has 3 fully saturated rings. The van der Waals surface area contributed by atoms with Crippen LogP contribution in [0.3, 0.4) is 0 Å². The summed E-state index contributed by atoms with van der Waals surface area (Å²) in [6.45, 7) is 21.3. The molecule has 4 nitrogen and oxygen atoms in total. The molecule has 0 amide bonds. The van der Waals surface area contributed by atoms with Gasteiger partial charge in [0.05, 0.1) is 11.5 Å². The van der Waals surface area contributed by atoms with Crippen molar-refractivity contribution in [2.45, 2.75) is 122 Å². The number of ether oxygens (including phenoxy) is 1. The molecule has 194 valence electrons. The second-order valence-electron chi connectivity index (χ2n) is 13.4. The molecule has 0 aromatic heterocycles. The fourth-order valence-corrected chi connectivity index (χ4v) is 8.96. The topological polar surface area (TPSA) is 52.6 Å². The van der Waals surface area contributed by atoms with Crippen LogP contribution in [0.4, 0.5) is 0 Å². The molecule has 0 heterocycles. The highest BCUT2D eigenvalue weighted by atomic mass is 35.5. The van der Waals surface area contributed by atoms with E-state index in [1.54, 1.807) is 0 Å². The number of rotatable bonds is 3. The lowest BCUT2D eigenvalue weighted by molar-refractivity contribution is -0.151. The van der Waals surface area contributed by atoms with Gasteiger partial charge in [-0.25, -0.2) is 0 Å². The summed E-state index contributed by atoms with van der Waals surface area (Å²) in [4.78, 5) is 26.1. The Hall–Kier alpha value is -0.363. The molecule has 0 unspecified atom stereocenters. The first-order chi connectivity index (χ1) is 15.2. The van der Waals surface area contributed by atoms with Crippen LogP contribution in [0.2, 0.25) is 18.1 Å².